The molecule has 2 rings (SSSR count). The van der Waals surface area contributed by atoms with Crippen molar-refractivity contribution in [1.82, 2.24) is 14.9 Å². The smallest absolute Gasteiger partial charge is 0.293 e. The molecule has 0 atom stereocenters. The van der Waals surface area contributed by atoms with Crippen molar-refractivity contribution in [2.45, 2.75) is 19.8 Å². The van der Waals surface area contributed by atoms with E-state index in [0.29, 0.717) is 11.7 Å². The Hall–Kier alpha value is -1.36. The van der Waals surface area contributed by atoms with Gasteiger partial charge in [0.25, 0.3) is 5.56 Å². The molecule has 1 aromatic rings. The zero-order valence-corrected chi connectivity index (χ0v) is 11.2. The first-order chi connectivity index (χ1) is 8.72. The fraction of sp³-hybridized carbons (Fsp3) is 0.692. The van der Waals surface area contributed by atoms with E-state index in [1.165, 1.54) is 12.8 Å². The van der Waals surface area contributed by atoms with Crippen LogP contribution < -0.4 is 15.8 Å². The van der Waals surface area contributed by atoms with Gasteiger partial charge in [-0.25, -0.2) is 4.98 Å². The lowest BCUT2D eigenvalue weighted by Gasteiger charge is -2.29. The maximum Gasteiger partial charge on any atom is 0.293 e. The number of nitrogens with zero attached hydrogens (tertiary/aromatic N) is 3. The number of hydrogen-bond donors (Lipinski definition) is 1. The molecular weight excluding hydrogens is 228 g/mol. The summed E-state index contributed by atoms with van der Waals surface area (Å²) in [7, 11) is 1.77. The quantitative estimate of drug-likeness (QED) is 0.850. The van der Waals surface area contributed by atoms with Gasteiger partial charge in [-0.3, -0.25) is 4.79 Å². The Bertz CT molecular complexity index is 437. The van der Waals surface area contributed by atoms with Crippen molar-refractivity contribution >= 4 is 5.82 Å². The Morgan fingerprint density at radius 2 is 2.22 bits per heavy atom. The average Bonchev–Trinajstić information content (AvgIpc) is 2.41. The molecule has 1 aliphatic rings. The van der Waals surface area contributed by atoms with Crippen LogP contribution in [0.3, 0.4) is 0 Å². The van der Waals surface area contributed by atoms with Crippen LogP contribution in [0.1, 0.15) is 19.8 Å². The summed E-state index contributed by atoms with van der Waals surface area (Å²) >= 11 is 0. The van der Waals surface area contributed by atoms with Crippen LogP contribution in [-0.2, 0) is 7.05 Å². The number of anilines is 1. The van der Waals surface area contributed by atoms with E-state index in [1.54, 1.807) is 24.0 Å². The van der Waals surface area contributed by atoms with E-state index >= 15 is 0 Å². The summed E-state index contributed by atoms with van der Waals surface area (Å²) in [4.78, 5) is 18.4. The van der Waals surface area contributed by atoms with Gasteiger partial charge in [0.2, 0.25) is 0 Å². The molecule has 0 bridgehead atoms. The second kappa shape index (κ2) is 6.00. The Morgan fingerprint density at radius 3 is 2.89 bits per heavy atom. The molecule has 1 aromatic heterocycles. The van der Waals surface area contributed by atoms with Crippen LogP contribution >= 0.6 is 0 Å². The lowest BCUT2D eigenvalue weighted by atomic mass is 9.97. The molecule has 5 heteroatoms. The summed E-state index contributed by atoms with van der Waals surface area (Å²) in [6.45, 7) is 6.01. The summed E-state index contributed by atoms with van der Waals surface area (Å²) in [6.07, 6.45) is 5.76. The minimum atomic E-state index is -0.00622. The van der Waals surface area contributed by atoms with Crippen LogP contribution in [-0.4, -0.2) is 35.7 Å². The SMILES string of the molecule is CCN(CC1CCNCC1)c1nccn(C)c1=O. The third-order valence-corrected chi connectivity index (χ3v) is 3.62. The molecule has 2 heterocycles. The van der Waals surface area contributed by atoms with Crippen molar-refractivity contribution in [2.24, 2.45) is 13.0 Å². The van der Waals surface area contributed by atoms with Crippen molar-refractivity contribution in [3.63, 3.8) is 0 Å². The Balaban J connectivity index is 2.12. The lowest BCUT2D eigenvalue weighted by Crippen LogP contribution is -2.39. The molecular formula is C13H22N4O. The number of rotatable bonds is 4. The van der Waals surface area contributed by atoms with Gasteiger partial charge in [0.15, 0.2) is 5.82 Å². The highest BCUT2D eigenvalue weighted by Gasteiger charge is 2.19. The molecule has 0 spiro atoms. The molecule has 0 amide bonds. The van der Waals surface area contributed by atoms with Gasteiger partial charge in [0, 0.05) is 32.5 Å². The van der Waals surface area contributed by atoms with Gasteiger partial charge in [-0.2, -0.15) is 0 Å². The molecule has 5 nitrogen and oxygen atoms in total. The molecule has 0 saturated carbocycles. The predicted molar refractivity (Wildman–Crippen MR) is 73.0 cm³/mol. The fourth-order valence-corrected chi connectivity index (χ4v) is 2.44. The van der Waals surface area contributed by atoms with Gasteiger partial charge < -0.3 is 14.8 Å². The molecule has 0 unspecified atom stereocenters. The van der Waals surface area contributed by atoms with E-state index in [2.05, 4.69) is 22.1 Å². The van der Waals surface area contributed by atoms with Gasteiger partial charge in [-0.15, -0.1) is 0 Å². The van der Waals surface area contributed by atoms with Gasteiger partial charge >= 0.3 is 0 Å². The minimum absolute atomic E-state index is 0.00622. The minimum Gasteiger partial charge on any atom is -0.352 e. The number of nitrogens with one attached hydrogen (secondary N) is 1. The van der Waals surface area contributed by atoms with Crippen molar-refractivity contribution in [3.8, 4) is 0 Å². The molecule has 100 valence electrons. The van der Waals surface area contributed by atoms with Crippen LogP contribution in [0.5, 0.6) is 0 Å². The highest BCUT2D eigenvalue weighted by Crippen LogP contribution is 2.15. The summed E-state index contributed by atoms with van der Waals surface area (Å²) in [5.41, 5.74) is -0.00622. The molecule has 18 heavy (non-hydrogen) atoms. The number of piperidine rings is 1. The third-order valence-electron chi connectivity index (χ3n) is 3.62. The Kier molecular flexibility index (Phi) is 4.36. The molecule has 0 radical (unpaired) electrons. The molecule has 0 aliphatic carbocycles. The third kappa shape index (κ3) is 2.90. The predicted octanol–water partition coefficient (Wildman–Crippen LogP) is 0.606. The zero-order chi connectivity index (χ0) is 13.0. The summed E-state index contributed by atoms with van der Waals surface area (Å²) in [5, 5.41) is 3.37. The van der Waals surface area contributed by atoms with E-state index < -0.39 is 0 Å². The maximum absolute atomic E-state index is 12.1. The number of aryl methyl sites for hydroxylation is 1. The summed E-state index contributed by atoms with van der Waals surface area (Å²) in [6, 6.07) is 0. The number of hydrogen-bond acceptors (Lipinski definition) is 4. The molecule has 1 saturated heterocycles. The second-order valence-electron chi connectivity index (χ2n) is 4.90. The molecule has 0 aromatic carbocycles. The van der Waals surface area contributed by atoms with E-state index in [0.717, 1.165) is 26.2 Å². The van der Waals surface area contributed by atoms with Crippen LogP contribution in [0.2, 0.25) is 0 Å². The largest absolute Gasteiger partial charge is 0.352 e. The second-order valence-corrected chi connectivity index (χ2v) is 4.90. The first-order valence-electron chi connectivity index (χ1n) is 6.69. The lowest BCUT2D eigenvalue weighted by molar-refractivity contribution is 0.373. The fourth-order valence-electron chi connectivity index (χ4n) is 2.44. The monoisotopic (exact) mass is 250 g/mol. The summed E-state index contributed by atoms with van der Waals surface area (Å²) < 4.78 is 1.59. The van der Waals surface area contributed by atoms with Gasteiger partial charge in [-0.1, -0.05) is 0 Å². The Labute approximate surface area is 108 Å². The first kappa shape index (κ1) is 13.1. The van der Waals surface area contributed by atoms with Crippen LogP contribution in [0, 0.1) is 5.92 Å². The standard InChI is InChI=1S/C13H22N4O/c1-3-17(10-11-4-6-14-7-5-11)12-13(18)16(2)9-8-15-12/h8-9,11,14H,3-7,10H2,1-2H3. The van der Waals surface area contributed by atoms with E-state index in [9.17, 15) is 4.79 Å². The first-order valence-corrected chi connectivity index (χ1v) is 6.69. The van der Waals surface area contributed by atoms with Gasteiger partial charge in [-0.05, 0) is 38.8 Å². The van der Waals surface area contributed by atoms with Crippen molar-refractivity contribution < 1.29 is 0 Å². The van der Waals surface area contributed by atoms with E-state index in [4.69, 9.17) is 0 Å². The van der Waals surface area contributed by atoms with E-state index in [1.807, 2.05) is 0 Å². The van der Waals surface area contributed by atoms with Crippen LogP contribution in [0.15, 0.2) is 17.2 Å². The average molecular weight is 250 g/mol. The number of aromatic nitrogens is 2. The zero-order valence-electron chi connectivity index (χ0n) is 11.2. The molecule has 1 N–H and O–H groups in total. The van der Waals surface area contributed by atoms with Gasteiger partial charge in [0.05, 0.1) is 0 Å². The van der Waals surface area contributed by atoms with Crippen LogP contribution in [0.25, 0.3) is 0 Å². The van der Waals surface area contributed by atoms with E-state index in [-0.39, 0.29) is 5.56 Å². The van der Waals surface area contributed by atoms with Crippen molar-refractivity contribution in [3.05, 3.63) is 22.7 Å². The maximum atomic E-state index is 12.1. The van der Waals surface area contributed by atoms with Gasteiger partial charge in [0.1, 0.15) is 0 Å². The highest BCUT2D eigenvalue weighted by atomic mass is 16.1. The van der Waals surface area contributed by atoms with Crippen molar-refractivity contribution in [1.29, 1.82) is 0 Å². The normalized spacial score (nSPS) is 16.8. The summed E-state index contributed by atoms with van der Waals surface area (Å²) in [5.74, 6) is 1.25. The highest BCUT2D eigenvalue weighted by molar-refractivity contribution is 5.35. The topological polar surface area (TPSA) is 50.2 Å². The molecule has 1 aliphatic heterocycles. The Morgan fingerprint density at radius 1 is 1.50 bits per heavy atom. The molecule has 1 fully saturated rings. The van der Waals surface area contributed by atoms with Crippen LogP contribution in [0.4, 0.5) is 5.82 Å². The van der Waals surface area contributed by atoms with Crippen molar-refractivity contribution in [2.75, 3.05) is 31.1 Å².